The highest BCUT2D eigenvalue weighted by Crippen LogP contribution is 2.70. The van der Waals surface area contributed by atoms with Crippen molar-refractivity contribution < 1.29 is 8.83 Å². The van der Waals surface area contributed by atoms with Crippen LogP contribution in [0.5, 0.6) is 0 Å². The third kappa shape index (κ3) is 4.54. The van der Waals surface area contributed by atoms with Gasteiger partial charge < -0.3 is 8.83 Å². The second kappa shape index (κ2) is 12.2. The molecule has 0 unspecified atom stereocenters. The quantitative estimate of drug-likeness (QED) is 0.178. The molecule has 2 heteroatoms. The third-order valence-electron chi connectivity index (χ3n) is 15.4. The maximum atomic E-state index is 6.95. The molecule has 0 saturated heterocycles. The Labute approximate surface area is 349 Å². The maximum Gasteiger partial charge on any atom is 0.136 e. The van der Waals surface area contributed by atoms with E-state index >= 15 is 0 Å². The molecule has 286 valence electrons. The lowest BCUT2D eigenvalue weighted by Crippen LogP contribution is -2.55. The van der Waals surface area contributed by atoms with Gasteiger partial charge in [0.25, 0.3) is 0 Å². The summed E-state index contributed by atoms with van der Waals surface area (Å²) >= 11 is 0. The Morgan fingerprint density at radius 3 is 1.73 bits per heavy atom. The first kappa shape index (κ1) is 33.2. The lowest BCUT2D eigenvalue weighted by Gasteiger charge is -2.61. The lowest BCUT2D eigenvalue weighted by atomic mass is 9.43. The van der Waals surface area contributed by atoms with Gasteiger partial charge in [0.1, 0.15) is 22.3 Å². The zero-order valence-electron chi connectivity index (χ0n) is 33.3. The minimum absolute atomic E-state index is 0.0382. The smallest absolute Gasteiger partial charge is 0.136 e. The third-order valence-corrected chi connectivity index (χ3v) is 15.4. The van der Waals surface area contributed by atoms with Crippen LogP contribution in [0.2, 0.25) is 0 Å². The standard InChI is InChI=1S/C58H42O2/c1-2-9-36(10-3-1)40-30-41(38-19-17-37(18-20-38)39-21-22-48-47-12-5-7-15-51(47)59-54(48)33-39)32-42(31-40)45-13-8-16-52-55(45)56-53(60-52)24-23-49-46-11-4-6-14-50(46)58(57(49)56)43-26-34-25-35(28-43)29-44(58)27-34/h1-24,30-35,43-44H,25-29H2. The highest BCUT2D eigenvalue weighted by molar-refractivity contribution is 6.17. The summed E-state index contributed by atoms with van der Waals surface area (Å²) in [4.78, 5) is 0. The molecule has 4 bridgehead atoms. The van der Waals surface area contributed by atoms with Crippen LogP contribution in [0.25, 0.3) is 99.5 Å². The zero-order valence-corrected chi connectivity index (χ0v) is 33.3. The zero-order chi connectivity index (χ0) is 39.1. The van der Waals surface area contributed by atoms with Crippen molar-refractivity contribution in [3.05, 3.63) is 181 Å². The molecule has 60 heavy (non-hydrogen) atoms. The van der Waals surface area contributed by atoms with E-state index in [4.69, 9.17) is 8.83 Å². The van der Waals surface area contributed by atoms with Gasteiger partial charge in [0.05, 0.1) is 0 Å². The predicted octanol–water partition coefficient (Wildman–Crippen LogP) is 15.9. The fraction of sp³-hybridized carbons (Fsp3) is 0.172. The van der Waals surface area contributed by atoms with Crippen molar-refractivity contribution >= 4 is 43.9 Å². The summed E-state index contributed by atoms with van der Waals surface area (Å²) < 4.78 is 13.2. The number of rotatable bonds is 4. The fourth-order valence-corrected chi connectivity index (χ4v) is 13.3. The molecule has 0 amide bonds. The molecule has 4 saturated carbocycles. The summed E-state index contributed by atoms with van der Waals surface area (Å²) in [5.41, 5.74) is 19.5. The number of fused-ring (bicyclic) bond motifs is 10. The Morgan fingerprint density at radius 1 is 0.350 bits per heavy atom. The molecule has 4 fully saturated rings. The highest BCUT2D eigenvalue weighted by Gasteiger charge is 2.62. The van der Waals surface area contributed by atoms with Crippen LogP contribution in [0.3, 0.4) is 0 Å². The van der Waals surface area contributed by atoms with E-state index in [1.165, 1.54) is 92.9 Å². The van der Waals surface area contributed by atoms with Crippen LogP contribution in [0.15, 0.2) is 179 Å². The van der Waals surface area contributed by atoms with E-state index < -0.39 is 0 Å². The van der Waals surface area contributed by atoms with Crippen molar-refractivity contribution in [1.29, 1.82) is 0 Å². The van der Waals surface area contributed by atoms with Gasteiger partial charge in [-0.3, -0.25) is 0 Å². The van der Waals surface area contributed by atoms with Gasteiger partial charge in [-0.1, -0.05) is 121 Å². The summed E-state index contributed by atoms with van der Waals surface area (Å²) in [5.74, 6) is 3.13. The Balaban J connectivity index is 0.955. The molecule has 5 aliphatic rings. The van der Waals surface area contributed by atoms with E-state index in [9.17, 15) is 0 Å². The summed E-state index contributed by atoms with van der Waals surface area (Å²) in [6.07, 6.45) is 6.87. The van der Waals surface area contributed by atoms with Crippen LogP contribution in [0.1, 0.15) is 43.2 Å². The van der Waals surface area contributed by atoms with Crippen molar-refractivity contribution in [2.45, 2.75) is 37.5 Å². The average Bonchev–Trinajstić information content (AvgIpc) is 3.96. The van der Waals surface area contributed by atoms with Gasteiger partial charge >= 0.3 is 0 Å². The van der Waals surface area contributed by atoms with Gasteiger partial charge in [0.2, 0.25) is 0 Å². The van der Waals surface area contributed by atoms with Gasteiger partial charge in [-0.25, -0.2) is 0 Å². The first-order chi connectivity index (χ1) is 29.7. The van der Waals surface area contributed by atoms with Crippen LogP contribution >= 0.6 is 0 Å². The van der Waals surface area contributed by atoms with E-state index in [1.54, 1.807) is 11.1 Å². The number of para-hydroxylation sites is 1. The van der Waals surface area contributed by atoms with Gasteiger partial charge in [0, 0.05) is 27.0 Å². The van der Waals surface area contributed by atoms with Gasteiger partial charge in [-0.05, 0) is 171 Å². The van der Waals surface area contributed by atoms with E-state index in [0.717, 1.165) is 50.5 Å². The Hall–Kier alpha value is -6.64. The minimum Gasteiger partial charge on any atom is -0.456 e. The van der Waals surface area contributed by atoms with Crippen molar-refractivity contribution in [3.8, 4) is 55.6 Å². The van der Waals surface area contributed by atoms with E-state index in [1.807, 2.05) is 12.1 Å². The van der Waals surface area contributed by atoms with E-state index in [-0.39, 0.29) is 5.41 Å². The van der Waals surface area contributed by atoms with Crippen molar-refractivity contribution in [2.24, 2.45) is 23.7 Å². The summed E-state index contributed by atoms with van der Waals surface area (Å²) in [7, 11) is 0. The molecule has 10 aromatic rings. The number of furan rings is 2. The van der Waals surface area contributed by atoms with Crippen LogP contribution in [-0.4, -0.2) is 0 Å². The summed E-state index contributed by atoms with van der Waals surface area (Å²) in [5, 5.41) is 4.92. The van der Waals surface area contributed by atoms with Crippen molar-refractivity contribution in [2.75, 3.05) is 0 Å². The van der Waals surface area contributed by atoms with Crippen LogP contribution < -0.4 is 0 Å². The largest absolute Gasteiger partial charge is 0.456 e. The second-order valence-electron chi connectivity index (χ2n) is 18.4. The molecule has 8 aromatic carbocycles. The monoisotopic (exact) mass is 770 g/mol. The predicted molar refractivity (Wildman–Crippen MR) is 246 cm³/mol. The molecule has 2 nitrogen and oxygen atoms in total. The summed E-state index contributed by atoms with van der Waals surface area (Å²) in [6, 6.07) is 62.8. The molecular weight excluding hydrogens is 729 g/mol. The van der Waals surface area contributed by atoms with Gasteiger partial charge in [-0.15, -0.1) is 0 Å². The maximum absolute atomic E-state index is 6.95. The normalized spacial score (nSPS) is 22.4. The molecular formula is C58H42O2. The molecule has 0 N–H and O–H groups in total. The van der Waals surface area contributed by atoms with Crippen molar-refractivity contribution in [1.82, 2.24) is 0 Å². The molecule has 0 aliphatic heterocycles. The van der Waals surface area contributed by atoms with Crippen LogP contribution in [0, 0.1) is 23.7 Å². The number of hydrogen-bond acceptors (Lipinski definition) is 2. The van der Waals surface area contributed by atoms with Crippen LogP contribution in [0.4, 0.5) is 0 Å². The molecule has 2 aromatic heterocycles. The highest BCUT2D eigenvalue weighted by atomic mass is 16.3. The minimum atomic E-state index is 0.0382. The average molecular weight is 771 g/mol. The summed E-state index contributed by atoms with van der Waals surface area (Å²) in [6.45, 7) is 0. The SMILES string of the molecule is c1ccc(-c2cc(-c3ccc(-c4ccc5c(c4)oc4ccccc45)cc3)cc(-c3cccc4oc5ccc6c(c5c34)C3(c4ccccc4-6)C4CC5CC(C4)CC3C5)c2)cc1. The molecule has 15 rings (SSSR count). The fourth-order valence-electron chi connectivity index (χ4n) is 13.3. The lowest BCUT2D eigenvalue weighted by molar-refractivity contribution is -0.0393. The Bertz CT molecular complexity index is 3350. The Morgan fingerprint density at radius 2 is 0.933 bits per heavy atom. The second-order valence-corrected chi connectivity index (χ2v) is 18.4. The number of benzene rings is 8. The molecule has 2 heterocycles. The van der Waals surface area contributed by atoms with Crippen LogP contribution in [-0.2, 0) is 5.41 Å². The first-order valence-corrected chi connectivity index (χ1v) is 22.0. The molecule has 1 spiro atoms. The molecule has 0 atom stereocenters. The van der Waals surface area contributed by atoms with Gasteiger partial charge in [0.15, 0.2) is 0 Å². The molecule has 0 radical (unpaired) electrons. The van der Waals surface area contributed by atoms with E-state index in [2.05, 4.69) is 158 Å². The molecule has 5 aliphatic carbocycles. The van der Waals surface area contributed by atoms with Crippen molar-refractivity contribution in [3.63, 3.8) is 0 Å². The topological polar surface area (TPSA) is 26.3 Å². The Kier molecular flexibility index (Phi) is 6.76. The first-order valence-electron chi connectivity index (χ1n) is 22.0. The van der Waals surface area contributed by atoms with Gasteiger partial charge in [-0.2, -0.15) is 0 Å². The number of hydrogen-bond donors (Lipinski definition) is 0. The van der Waals surface area contributed by atoms with E-state index in [0.29, 0.717) is 11.8 Å².